The van der Waals surface area contributed by atoms with Crippen molar-refractivity contribution in [2.24, 2.45) is 5.73 Å². The Balaban J connectivity index is 2.12. The summed E-state index contributed by atoms with van der Waals surface area (Å²) in [7, 11) is -3.53. The van der Waals surface area contributed by atoms with Crippen molar-refractivity contribution in [1.29, 1.82) is 0 Å². The van der Waals surface area contributed by atoms with Gasteiger partial charge in [-0.15, -0.1) is 11.3 Å². The third-order valence-electron chi connectivity index (χ3n) is 3.81. The second-order valence-electron chi connectivity index (χ2n) is 5.32. The fourth-order valence-corrected chi connectivity index (χ4v) is 6.07. The van der Waals surface area contributed by atoms with Crippen molar-refractivity contribution in [3.8, 4) is 0 Å². The molecular formula is C15H18N2O2S2. The quantitative estimate of drug-likeness (QED) is 0.945. The van der Waals surface area contributed by atoms with E-state index in [2.05, 4.69) is 0 Å². The molecule has 1 aromatic heterocycles. The number of sulfonamides is 1. The number of anilines is 1. The molecule has 112 valence electrons. The van der Waals surface area contributed by atoms with Gasteiger partial charge in [0.2, 0.25) is 0 Å². The molecule has 0 saturated carbocycles. The molecule has 0 amide bonds. The van der Waals surface area contributed by atoms with Crippen molar-refractivity contribution < 1.29 is 8.42 Å². The zero-order valence-electron chi connectivity index (χ0n) is 12.0. The number of thiophene rings is 1. The van der Waals surface area contributed by atoms with Crippen LogP contribution in [0.25, 0.3) is 0 Å². The summed E-state index contributed by atoms with van der Waals surface area (Å²) in [6.45, 7) is 4.15. The first-order valence-corrected chi connectivity index (χ1v) is 9.12. The second kappa shape index (κ2) is 5.12. The predicted molar refractivity (Wildman–Crippen MR) is 86.2 cm³/mol. The van der Waals surface area contributed by atoms with Gasteiger partial charge in [-0.1, -0.05) is 18.2 Å². The third-order valence-corrected chi connectivity index (χ3v) is 7.06. The van der Waals surface area contributed by atoms with Gasteiger partial charge in [-0.2, -0.15) is 0 Å². The maximum Gasteiger partial charge on any atom is 0.265 e. The van der Waals surface area contributed by atoms with E-state index in [4.69, 9.17) is 5.73 Å². The van der Waals surface area contributed by atoms with Crippen molar-refractivity contribution in [3.05, 3.63) is 45.6 Å². The molecule has 1 unspecified atom stereocenters. The van der Waals surface area contributed by atoms with E-state index < -0.39 is 10.0 Å². The number of hydrogen-bond acceptors (Lipinski definition) is 4. The first-order chi connectivity index (χ1) is 9.95. The number of rotatable bonds is 3. The average Bonchev–Trinajstić information content (AvgIpc) is 2.98. The molecule has 0 bridgehead atoms. The lowest BCUT2D eigenvalue weighted by molar-refractivity contribution is 0.584. The van der Waals surface area contributed by atoms with Crippen LogP contribution in [0.4, 0.5) is 5.69 Å². The van der Waals surface area contributed by atoms with Crippen LogP contribution >= 0.6 is 11.3 Å². The normalized spacial score (nSPS) is 18.0. The van der Waals surface area contributed by atoms with Crippen LogP contribution < -0.4 is 10.0 Å². The number of aryl methyl sites for hydroxylation is 1. The molecule has 2 heterocycles. The van der Waals surface area contributed by atoms with Crippen LogP contribution in [-0.2, 0) is 23.0 Å². The molecular weight excluding hydrogens is 304 g/mol. The molecule has 1 aromatic carbocycles. The molecule has 2 N–H and O–H groups in total. The Morgan fingerprint density at radius 1 is 1.38 bits per heavy atom. The Morgan fingerprint density at radius 2 is 2.10 bits per heavy atom. The Bertz CT molecular complexity index is 781. The van der Waals surface area contributed by atoms with Crippen LogP contribution in [0.15, 0.2) is 35.2 Å². The molecule has 0 fully saturated rings. The highest BCUT2D eigenvalue weighted by Crippen LogP contribution is 2.38. The first kappa shape index (κ1) is 14.6. The van der Waals surface area contributed by atoms with Gasteiger partial charge in [-0.05, 0) is 38.0 Å². The zero-order valence-corrected chi connectivity index (χ0v) is 13.7. The van der Waals surface area contributed by atoms with E-state index in [1.807, 2.05) is 38.1 Å². The third kappa shape index (κ3) is 2.27. The number of benzene rings is 1. The summed E-state index contributed by atoms with van der Waals surface area (Å²) in [6, 6.07) is 9.35. The van der Waals surface area contributed by atoms with E-state index in [1.165, 1.54) is 11.3 Å². The van der Waals surface area contributed by atoms with E-state index in [0.29, 0.717) is 11.4 Å². The Kier molecular flexibility index (Phi) is 3.55. The lowest BCUT2D eigenvalue weighted by Crippen LogP contribution is -2.35. The lowest BCUT2D eigenvalue weighted by Gasteiger charge is -2.24. The molecule has 21 heavy (non-hydrogen) atoms. The van der Waals surface area contributed by atoms with Crippen LogP contribution in [0.1, 0.15) is 22.2 Å². The highest BCUT2D eigenvalue weighted by atomic mass is 32.2. The van der Waals surface area contributed by atoms with Gasteiger partial charge in [0.05, 0.1) is 5.69 Å². The number of nitrogens with two attached hydrogens (primary N) is 1. The summed E-state index contributed by atoms with van der Waals surface area (Å²) in [4.78, 5) is 2.08. The maximum atomic E-state index is 13.0. The summed E-state index contributed by atoms with van der Waals surface area (Å²) < 4.78 is 27.7. The summed E-state index contributed by atoms with van der Waals surface area (Å²) >= 11 is 1.45. The highest BCUT2D eigenvalue weighted by Gasteiger charge is 2.37. The zero-order chi connectivity index (χ0) is 15.2. The smallest absolute Gasteiger partial charge is 0.265 e. The van der Waals surface area contributed by atoms with Gasteiger partial charge in [-0.25, -0.2) is 8.42 Å². The minimum absolute atomic E-state index is 0.0620. The van der Waals surface area contributed by atoms with Crippen molar-refractivity contribution >= 4 is 27.0 Å². The maximum absolute atomic E-state index is 13.0. The summed E-state index contributed by atoms with van der Waals surface area (Å²) in [5, 5.41) is 0. The van der Waals surface area contributed by atoms with Gasteiger partial charge in [-0.3, -0.25) is 4.31 Å². The molecule has 0 radical (unpaired) electrons. The SMILES string of the molecule is Cc1sc(CN)cc1S(=O)(=O)N1c2ccccc2CC1C. The van der Waals surface area contributed by atoms with Crippen LogP contribution in [0.3, 0.4) is 0 Å². The molecule has 0 saturated heterocycles. The minimum atomic E-state index is -3.53. The number of hydrogen-bond donors (Lipinski definition) is 1. The Labute approximate surface area is 129 Å². The van der Waals surface area contributed by atoms with Gasteiger partial charge < -0.3 is 5.73 Å². The molecule has 0 aliphatic carbocycles. The monoisotopic (exact) mass is 322 g/mol. The molecule has 1 atom stereocenters. The molecule has 0 spiro atoms. The van der Waals surface area contributed by atoms with Crippen molar-refractivity contribution in [2.45, 2.75) is 37.8 Å². The fourth-order valence-electron chi connectivity index (χ4n) is 2.89. The van der Waals surface area contributed by atoms with Gasteiger partial charge in [0.15, 0.2) is 0 Å². The van der Waals surface area contributed by atoms with E-state index in [0.717, 1.165) is 27.4 Å². The number of para-hydroxylation sites is 1. The fraction of sp³-hybridized carbons (Fsp3) is 0.333. The highest BCUT2D eigenvalue weighted by molar-refractivity contribution is 7.93. The average molecular weight is 322 g/mol. The van der Waals surface area contributed by atoms with E-state index in [-0.39, 0.29) is 6.04 Å². The number of fused-ring (bicyclic) bond motifs is 1. The number of nitrogens with zero attached hydrogens (tertiary/aromatic N) is 1. The Morgan fingerprint density at radius 3 is 2.76 bits per heavy atom. The molecule has 4 nitrogen and oxygen atoms in total. The lowest BCUT2D eigenvalue weighted by atomic mass is 10.1. The van der Waals surface area contributed by atoms with Crippen molar-refractivity contribution in [1.82, 2.24) is 0 Å². The molecule has 1 aliphatic heterocycles. The minimum Gasteiger partial charge on any atom is -0.326 e. The topological polar surface area (TPSA) is 63.4 Å². The van der Waals surface area contributed by atoms with Crippen LogP contribution in [0, 0.1) is 6.92 Å². The van der Waals surface area contributed by atoms with E-state index >= 15 is 0 Å². The van der Waals surface area contributed by atoms with Gasteiger partial charge in [0.25, 0.3) is 10.0 Å². The largest absolute Gasteiger partial charge is 0.326 e. The van der Waals surface area contributed by atoms with Crippen LogP contribution in [0.2, 0.25) is 0 Å². The predicted octanol–water partition coefficient (Wildman–Crippen LogP) is 2.66. The summed E-state index contributed by atoms with van der Waals surface area (Å²) in [5.41, 5.74) is 7.51. The van der Waals surface area contributed by atoms with Gasteiger partial charge >= 0.3 is 0 Å². The van der Waals surface area contributed by atoms with E-state index in [1.54, 1.807) is 10.4 Å². The summed E-state index contributed by atoms with van der Waals surface area (Å²) in [5.74, 6) is 0. The van der Waals surface area contributed by atoms with Crippen LogP contribution in [-0.4, -0.2) is 14.5 Å². The molecule has 2 aromatic rings. The first-order valence-electron chi connectivity index (χ1n) is 6.87. The van der Waals surface area contributed by atoms with Gasteiger partial charge in [0.1, 0.15) is 4.90 Å². The van der Waals surface area contributed by atoms with E-state index in [9.17, 15) is 8.42 Å². The molecule has 6 heteroatoms. The summed E-state index contributed by atoms with van der Waals surface area (Å²) in [6.07, 6.45) is 0.752. The molecule has 3 rings (SSSR count). The second-order valence-corrected chi connectivity index (χ2v) is 8.44. The van der Waals surface area contributed by atoms with Crippen LogP contribution in [0.5, 0.6) is 0 Å². The van der Waals surface area contributed by atoms with Gasteiger partial charge in [0, 0.05) is 22.3 Å². The standard InChI is InChI=1S/C15H18N2O2S2/c1-10-7-12-5-3-4-6-14(12)17(10)21(18,19)15-8-13(9-16)20-11(15)2/h3-6,8,10H,7,9,16H2,1-2H3. The van der Waals surface area contributed by atoms with Crippen molar-refractivity contribution in [3.63, 3.8) is 0 Å². The Hall–Kier alpha value is -1.37. The van der Waals surface area contributed by atoms with Crippen molar-refractivity contribution in [2.75, 3.05) is 4.31 Å². The molecule has 1 aliphatic rings.